The van der Waals surface area contributed by atoms with Crippen molar-refractivity contribution in [2.45, 2.75) is 12.2 Å². The molecule has 0 aliphatic carbocycles. The number of carbonyl (C=O) groups is 1. The topological polar surface area (TPSA) is 86.9 Å². The minimum atomic E-state index is -0.475. The fourth-order valence-corrected chi connectivity index (χ4v) is 2.37. The molecule has 1 aliphatic rings. The Labute approximate surface area is 117 Å². The Morgan fingerprint density at radius 3 is 2.40 bits per heavy atom. The van der Waals surface area contributed by atoms with Gasteiger partial charge in [0.05, 0.1) is 18.4 Å². The number of methoxy groups -OCH3 is 3. The molecule has 0 radical (unpaired) electrons. The van der Waals surface area contributed by atoms with Crippen LogP contribution in [0.25, 0.3) is 0 Å². The Hall–Kier alpha value is -1.86. The van der Waals surface area contributed by atoms with Crippen LogP contribution in [0.4, 0.5) is 11.5 Å². The molecule has 0 aromatic carbocycles. The molecule has 0 amide bonds. The molecule has 2 rings (SSSR count). The quantitative estimate of drug-likeness (QED) is 0.794. The number of rotatable bonds is 4. The second kappa shape index (κ2) is 6.06. The van der Waals surface area contributed by atoms with E-state index in [2.05, 4.69) is 4.98 Å². The first-order valence-corrected chi connectivity index (χ1v) is 6.25. The molecule has 1 aromatic rings. The van der Waals surface area contributed by atoms with Crippen molar-refractivity contribution in [1.82, 2.24) is 4.98 Å². The summed E-state index contributed by atoms with van der Waals surface area (Å²) in [7, 11) is 4.60. The maximum atomic E-state index is 11.6. The lowest BCUT2D eigenvalue weighted by molar-refractivity contribution is -0.00461. The van der Waals surface area contributed by atoms with Crippen LogP contribution in [0.5, 0.6) is 0 Å². The first kappa shape index (κ1) is 14.5. The Morgan fingerprint density at radius 1 is 1.30 bits per heavy atom. The Kier molecular flexibility index (Phi) is 4.41. The van der Waals surface area contributed by atoms with Crippen LogP contribution in [-0.2, 0) is 14.2 Å². The maximum absolute atomic E-state index is 11.6. The zero-order chi connectivity index (χ0) is 14.7. The molecule has 2 atom stereocenters. The smallest absolute Gasteiger partial charge is 0.340 e. The highest BCUT2D eigenvalue weighted by atomic mass is 16.5. The molecule has 2 heterocycles. The Balaban J connectivity index is 2.28. The number of nitrogens with zero attached hydrogens (tertiary/aromatic N) is 2. The van der Waals surface area contributed by atoms with Crippen molar-refractivity contribution in [2.75, 3.05) is 45.1 Å². The van der Waals surface area contributed by atoms with E-state index in [1.54, 1.807) is 26.5 Å². The van der Waals surface area contributed by atoms with Gasteiger partial charge in [-0.3, -0.25) is 0 Å². The van der Waals surface area contributed by atoms with Crippen LogP contribution in [0.1, 0.15) is 10.4 Å². The third-order valence-electron chi connectivity index (χ3n) is 3.49. The van der Waals surface area contributed by atoms with Crippen molar-refractivity contribution in [3.05, 3.63) is 17.8 Å². The summed E-state index contributed by atoms with van der Waals surface area (Å²) in [5.41, 5.74) is 6.65. The number of hydrogen-bond acceptors (Lipinski definition) is 7. The van der Waals surface area contributed by atoms with Crippen molar-refractivity contribution in [2.24, 2.45) is 0 Å². The maximum Gasteiger partial charge on any atom is 0.340 e. The van der Waals surface area contributed by atoms with Gasteiger partial charge in [-0.05, 0) is 6.07 Å². The number of carbonyl (C=O) groups excluding carboxylic acids is 1. The normalized spacial score (nSPS) is 22.1. The second-order valence-electron chi connectivity index (χ2n) is 4.54. The monoisotopic (exact) mass is 281 g/mol. The van der Waals surface area contributed by atoms with E-state index in [0.717, 1.165) is 0 Å². The summed E-state index contributed by atoms with van der Waals surface area (Å²) in [4.78, 5) is 17.9. The number of anilines is 2. The van der Waals surface area contributed by atoms with E-state index in [9.17, 15) is 4.79 Å². The van der Waals surface area contributed by atoms with E-state index in [1.807, 2.05) is 4.90 Å². The van der Waals surface area contributed by atoms with E-state index in [4.69, 9.17) is 19.9 Å². The fourth-order valence-electron chi connectivity index (χ4n) is 2.37. The van der Waals surface area contributed by atoms with Gasteiger partial charge in [0.2, 0.25) is 0 Å². The van der Waals surface area contributed by atoms with Gasteiger partial charge in [-0.15, -0.1) is 0 Å². The van der Waals surface area contributed by atoms with Crippen molar-refractivity contribution in [3.63, 3.8) is 0 Å². The molecule has 0 saturated carbocycles. The van der Waals surface area contributed by atoms with Gasteiger partial charge in [-0.1, -0.05) is 0 Å². The third-order valence-corrected chi connectivity index (χ3v) is 3.49. The molecule has 2 unspecified atom stereocenters. The van der Waals surface area contributed by atoms with Crippen molar-refractivity contribution >= 4 is 17.5 Å². The highest BCUT2D eigenvalue weighted by molar-refractivity contribution is 5.97. The average Bonchev–Trinajstić information content (AvgIpc) is 2.89. The van der Waals surface area contributed by atoms with Crippen LogP contribution >= 0.6 is 0 Å². The summed E-state index contributed by atoms with van der Waals surface area (Å²) in [6.07, 6.45) is 1.44. The van der Waals surface area contributed by atoms with Gasteiger partial charge in [0.15, 0.2) is 5.82 Å². The third kappa shape index (κ3) is 2.54. The van der Waals surface area contributed by atoms with Crippen molar-refractivity contribution in [3.8, 4) is 0 Å². The first-order chi connectivity index (χ1) is 9.62. The van der Waals surface area contributed by atoms with Crippen molar-refractivity contribution in [1.29, 1.82) is 0 Å². The molecule has 20 heavy (non-hydrogen) atoms. The molecular weight excluding hydrogens is 262 g/mol. The lowest BCUT2D eigenvalue weighted by Crippen LogP contribution is -2.27. The summed E-state index contributed by atoms with van der Waals surface area (Å²) >= 11 is 0. The van der Waals surface area contributed by atoms with Gasteiger partial charge in [-0.25, -0.2) is 9.78 Å². The predicted molar refractivity (Wildman–Crippen MR) is 73.8 cm³/mol. The largest absolute Gasteiger partial charge is 0.465 e. The lowest BCUT2D eigenvalue weighted by atomic mass is 10.2. The number of nitrogen functional groups attached to an aromatic ring is 1. The summed E-state index contributed by atoms with van der Waals surface area (Å²) in [5, 5.41) is 0. The zero-order valence-corrected chi connectivity index (χ0v) is 11.8. The molecule has 1 aromatic heterocycles. The molecule has 1 fully saturated rings. The van der Waals surface area contributed by atoms with Crippen LogP contribution in [0, 0.1) is 0 Å². The number of nitrogens with two attached hydrogens (primary N) is 1. The molecule has 1 saturated heterocycles. The van der Waals surface area contributed by atoms with Gasteiger partial charge in [0.25, 0.3) is 0 Å². The molecule has 7 heteroatoms. The van der Waals surface area contributed by atoms with Crippen LogP contribution in [0.15, 0.2) is 12.3 Å². The van der Waals surface area contributed by atoms with E-state index >= 15 is 0 Å². The number of aromatic nitrogens is 1. The van der Waals surface area contributed by atoms with Crippen molar-refractivity contribution < 1.29 is 19.0 Å². The number of esters is 1. The Morgan fingerprint density at radius 2 is 1.90 bits per heavy atom. The number of ether oxygens (including phenoxy) is 3. The second-order valence-corrected chi connectivity index (χ2v) is 4.54. The summed E-state index contributed by atoms with van der Waals surface area (Å²) in [5.74, 6) is 0.0754. The van der Waals surface area contributed by atoms with Gasteiger partial charge >= 0.3 is 5.97 Å². The van der Waals surface area contributed by atoms with Crippen LogP contribution < -0.4 is 10.6 Å². The van der Waals surface area contributed by atoms with E-state index < -0.39 is 5.97 Å². The molecule has 1 aliphatic heterocycles. The van der Waals surface area contributed by atoms with Gasteiger partial charge < -0.3 is 24.8 Å². The first-order valence-electron chi connectivity index (χ1n) is 6.25. The van der Waals surface area contributed by atoms with E-state index in [1.165, 1.54) is 7.11 Å². The van der Waals surface area contributed by atoms with Crippen LogP contribution in [-0.4, -0.2) is 57.6 Å². The molecule has 110 valence electrons. The molecular formula is C13H19N3O4. The highest BCUT2D eigenvalue weighted by Crippen LogP contribution is 2.29. The SMILES string of the molecule is COC(=O)c1ccnc(N2CC(OC)C(OC)C2)c1N. The number of pyridine rings is 1. The van der Waals surface area contributed by atoms with E-state index in [0.29, 0.717) is 30.2 Å². The van der Waals surface area contributed by atoms with Gasteiger partial charge in [0, 0.05) is 33.5 Å². The molecule has 0 spiro atoms. The summed E-state index contributed by atoms with van der Waals surface area (Å²) in [6.45, 7) is 1.22. The highest BCUT2D eigenvalue weighted by Gasteiger charge is 2.35. The van der Waals surface area contributed by atoms with Gasteiger partial charge in [0.1, 0.15) is 12.2 Å². The minimum absolute atomic E-state index is 0.0528. The molecule has 0 bridgehead atoms. The molecule has 2 N–H and O–H groups in total. The Bertz CT molecular complexity index is 483. The molecule has 7 nitrogen and oxygen atoms in total. The summed E-state index contributed by atoms with van der Waals surface area (Å²) < 4.78 is 15.5. The predicted octanol–water partition coefficient (Wildman–Crippen LogP) is 0.300. The van der Waals surface area contributed by atoms with Gasteiger partial charge in [-0.2, -0.15) is 0 Å². The van der Waals surface area contributed by atoms with Crippen LogP contribution in [0.3, 0.4) is 0 Å². The average molecular weight is 281 g/mol. The minimum Gasteiger partial charge on any atom is -0.465 e. The van der Waals surface area contributed by atoms with E-state index in [-0.39, 0.29) is 12.2 Å². The zero-order valence-electron chi connectivity index (χ0n) is 11.8. The standard InChI is InChI=1S/C13H19N3O4/c1-18-9-6-16(7-10(9)19-2)12-11(14)8(4-5-15-12)13(17)20-3/h4-5,9-10H,6-7,14H2,1-3H3. The number of hydrogen-bond donors (Lipinski definition) is 1. The lowest BCUT2D eigenvalue weighted by Gasteiger charge is -2.19. The van der Waals surface area contributed by atoms with Crippen LogP contribution in [0.2, 0.25) is 0 Å². The summed E-state index contributed by atoms with van der Waals surface area (Å²) in [6, 6.07) is 1.54. The fraction of sp³-hybridized carbons (Fsp3) is 0.538.